The quantitative estimate of drug-likeness (QED) is 0.203. The maximum Gasteiger partial charge on any atom is 0.328 e. The van der Waals surface area contributed by atoms with E-state index in [0.29, 0.717) is 25.8 Å². The summed E-state index contributed by atoms with van der Waals surface area (Å²) in [6, 6.07) is -4.69. The molecule has 0 spiro atoms. The second kappa shape index (κ2) is 11.5. The molecule has 0 aromatic heterocycles. The number of aliphatic hydroxyl groups is 1. The number of carbonyl (C=O) groups excluding carboxylic acids is 4. The molecule has 1 saturated heterocycles. The first kappa shape index (κ1) is 25.3. The second-order valence-corrected chi connectivity index (χ2v) is 7.74. The van der Waals surface area contributed by atoms with Gasteiger partial charge in [0.1, 0.15) is 18.1 Å². The molecule has 12 nitrogen and oxygen atoms in total. The van der Waals surface area contributed by atoms with Crippen molar-refractivity contribution >= 4 is 29.6 Å². The van der Waals surface area contributed by atoms with Crippen molar-refractivity contribution in [3.63, 3.8) is 0 Å². The van der Waals surface area contributed by atoms with Crippen LogP contribution in [0.25, 0.3) is 0 Å². The van der Waals surface area contributed by atoms with Crippen LogP contribution in [0.5, 0.6) is 0 Å². The lowest BCUT2D eigenvalue weighted by Gasteiger charge is -2.28. The molecule has 1 aliphatic rings. The van der Waals surface area contributed by atoms with Gasteiger partial charge in [0.05, 0.1) is 19.1 Å². The highest BCUT2D eigenvalue weighted by Gasteiger charge is 2.38. The number of aliphatic carboxylic acids is 1. The van der Waals surface area contributed by atoms with Crippen molar-refractivity contribution < 1.29 is 34.2 Å². The molecule has 0 saturated carbocycles. The molecule has 0 aliphatic carbocycles. The Morgan fingerprint density at radius 1 is 1.13 bits per heavy atom. The molecule has 8 N–H and O–H groups in total. The Hall–Kier alpha value is -2.73. The summed E-state index contributed by atoms with van der Waals surface area (Å²) < 4.78 is 0. The summed E-state index contributed by atoms with van der Waals surface area (Å²) in [5.41, 5.74) is 11.1. The monoisotopic (exact) mass is 429 g/mol. The molecule has 1 aliphatic heterocycles. The Morgan fingerprint density at radius 2 is 1.77 bits per heavy atom. The predicted molar refractivity (Wildman–Crippen MR) is 105 cm³/mol. The first-order valence-corrected chi connectivity index (χ1v) is 9.76. The zero-order valence-electron chi connectivity index (χ0n) is 17.2. The maximum absolute atomic E-state index is 12.7. The molecule has 4 unspecified atom stereocenters. The van der Waals surface area contributed by atoms with E-state index in [9.17, 15) is 24.0 Å². The van der Waals surface area contributed by atoms with E-state index in [1.807, 2.05) is 19.2 Å². The van der Waals surface area contributed by atoms with Gasteiger partial charge in [-0.3, -0.25) is 19.2 Å². The Kier molecular flexibility index (Phi) is 9.66. The highest BCUT2D eigenvalue weighted by Crippen LogP contribution is 2.20. The number of aliphatic hydroxyl groups excluding tert-OH is 1. The van der Waals surface area contributed by atoms with Gasteiger partial charge in [0.25, 0.3) is 0 Å². The van der Waals surface area contributed by atoms with Crippen LogP contribution in [0, 0.1) is 5.92 Å². The summed E-state index contributed by atoms with van der Waals surface area (Å²) in [6.45, 7) is 3.30. The lowest BCUT2D eigenvalue weighted by atomic mass is 10.0. The molecule has 1 rings (SSSR count). The van der Waals surface area contributed by atoms with Crippen LogP contribution >= 0.6 is 0 Å². The summed E-state index contributed by atoms with van der Waals surface area (Å²) in [6.07, 6.45) is 0.790. The van der Waals surface area contributed by atoms with Crippen molar-refractivity contribution in [2.24, 2.45) is 17.4 Å². The third kappa shape index (κ3) is 7.26. The topological polar surface area (TPSA) is 205 Å². The number of nitrogens with zero attached hydrogens (tertiary/aromatic N) is 1. The lowest BCUT2D eigenvalue weighted by molar-refractivity contribution is -0.144. The van der Waals surface area contributed by atoms with E-state index in [1.165, 1.54) is 4.90 Å². The summed E-state index contributed by atoms with van der Waals surface area (Å²) in [5.74, 6) is -4.23. The number of likely N-dealkylation sites (tertiary alicyclic amines) is 1. The van der Waals surface area contributed by atoms with Gasteiger partial charge >= 0.3 is 5.97 Å². The van der Waals surface area contributed by atoms with Crippen molar-refractivity contribution in [2.45, 2.75) is 63.7 Å². The number of primary amides is 1. The van der Waals surface area contributed by atoms with E-state index >= 15 is 0 Å². The van der Waals surface area contributed by atoms with E-state index in [0.717, 1.165) is 0 Å². The molecule has 0 aromatic carbocycles. The second-order valence-electron chi connectivity index (χ2n) is 7.74. The van der Waals surface area contributed by atoms with Gasteiger partial charge < -0.3 is 37.2 Å². The summed E-state index contributed by atoms with van der Waals surface area (Å²) >= 11 is 0. The number of nitrogens with one attached hydrogen (secondary N) is 2. The average Bonchev–Trinajstić information content (AvgIpc) is 3.13. The number of carboxylic acids is 1. The molecule has 0 bridgehead atoms. The first-order chi connectivity index (χ1) is 14.0. The minimum absolute atomic E-state index is 0.191. The minimum Gasteiger partial charge on any atom is -0.480 e. The van der Waals surface area contributed by atoms with Gasteiger partial charge in [0, 0.05) is 6.54 Å². The van der Waals surface area contributed by atoms with Crippen molar-refractivity contribution in [1.82, 2.24) is 15.5 Å². The molecule has 30 heavy (non-hydrogen) atoms. The van der Waals surface area contributed by atoms with Gasteiger partial charge in [-0.1, -0.05) is 13.8 Å². The Labute approximate surface area is 174 Å². The minimum atomic E-state index is -1.61. The number of hydrogen-bond donors (Lipinski definition) is 6. The van der Waals surface area contributed by atoms with Crippen LogP contribution in [0.2, 0.25) is 0 Å². The van der Waals surface area contributed by atoms with Gasteiger partial charge in [-0.15, -0.1) is 0 Å². The molecular formula is C18H31N5O7. The molecule has 4 amide bonds. The van der Waals surface area contributed by atoms with Crippen LogP contribution in [0.4, 0.5) is 0 Å². The van der Waals surface area contributed by atoms with E-state index in [1.54, 1.807) is 0 Å². The Morgan fingerprint density at radius 3 is 2.27 bits per heavy atom. The molecule has 12 heteroatoms. The molecular weight excluding hydrogens is 398 g/mol. The fourth-order valence-electron chi connectivity index (χ4n) is 3.26. The van der Waals surface area contributed by atoms with Crippen molar-refractivity contribution in [2.75, 3.05) is 13.2 Å². The Balaban J connectivity index is 2.89. The molecule has 170 valence electrons. The van der Waals surface area contributed by atoms with Crippen LogP contribution in [0.1, 0.15) is 39.5 Å². The van der Waals surface area contributed by atoms with Crippen LogP contribution in [0.15, 0.2) is 0 Å². The van der Waals surface area contributed by atoms with Gasteiger partial charge in [-0.25, -0.2) is 4.79 Å². The van der Waals surface area contributed by atoms with Gasteiger partial charge in [-0.05, 0) is 25.2 Å². The predicted octanol–water partition coefficient (Wildman–Crippen LogP) is -2.73. The third-order valence-corrected chi connectivity index (χ3v) is 4.72. The smallest absolute Gasteiger partial charge is 0.328 e. The average molecular weight is 429 g/mol. The standard InChI is InChI=1S/C18H31N5O7/c1-9(2)6-10(19)17(28)23-5-3-4-13(23)16(27)21-11(7-14(20)25)15(26)22-12(8-24)18(29)30/h9-13,24H,3-8,19H2,1-2H3,(H2,20,25)(H,21,27)(H,22,26)(H,29,30). The fraction of sp³-hybridized carbons (Fsp3) is 0.722. The van der Waals surface area contributed by atoms with Crippen molar-refractivity contribution in [3.05, 3.63) is 0 Å². The highest BCUT2D eigenvalue weighted by atomic mass is 16.4. The van der Waals surface area contributed by atoms with E-state index in [-0.39, 0.29) is 11.8 Å². The number of carboxylic acid groups (broad SMARTS) is 1. The zero-order valence-corrected chi connectivity index (χ0v) is 17.2. The third-order valence-electron chi connectivity index (χ3n) is 4.72. The van der Waals surface area contributed by atoms with E-state index < -0.39 is 60.9 Å². The first-order valence-electron chi connectivity index (χ1n) is 9.76. The lowest BCUT2D eigenvalue weighted by Crippen LogP contribution is -2.57. The summed E-state index contributed by atoms with van der Waals surface area (Å²) in [4.78, 5) is 61.4. The van der Waals surface area contributed by atoms with E-state index in [2.05, 4.69) is 5.32 Å². The largest absolute Gasteiger partial charge is 0.480 e. The number of carbonyl (C=O) groups is 5. The molecule has 0 aromatic rings. The van der Waals surface area contributed by atoms with Crippen LogP contribution < -0.4 is 22.1 Å². The van der Waals surface area contributed by atoms with Crippen LogP contribution in [0.3, 0.4) is 0 Å². The van der Waals surface area contributed by atoms with Crippen molar-refractivity contribution in [3.8, 4) is 0 Å². The molecule has 1 fully saturated rings. The van der Waals surface area contributed by atoms with E-state index in [4.69, 9.17) is 21.7 Å². The molecule has 1 heterocycles. The number of amides is 4. The summed E-state index contributed by atoms with van der Waals surface area (Å²) in [7, 11) is 0. The molecule has 4 atom stereocenters. The van der Waals surface area contributed by atoms with Gasteiger partial charge in [0.2, 0.25) is 23.6 Å². The van der Waals surface area contributed by atoms with Crippen LogP contribution in [-0.2, 0) is 24.0 Å². The maximum atomic E-state index is 12.7. The fourth-order valence-corrected chi connectivity index (χ4v) is 3.26. The Bertz CT molecular complexity index is 669. The number of rotatable bonds is 11. The zero-order chi connectivity index (χ0) is 23.0. The molecule has 0 radical (unpaired) electrons. The number of nitrogens with two attached hydrogens (primary N) is 2. The normalized spacial score (nSPS) is 19.1. The van der Waals surface area contributed by atoms with Gasteiger partial charge in [0.15, 0.2) is 0 Å². The summed E-state index contributed by atoms with van der Waals surface area (Å²) in [5, 5.41) is 22.4. The SMILES string of the molecule is CC(C)CC(N)C(=O)N1CCCC1C(=O)NC(CC(N)=O)C(=O)NC(CO)C(=O)O. The highest BCUT2D eigenvalue weighted by molar-refractivity contribution is 5.96. The van der Waals surface area contributed by atoms with Gasteiger partial charge in [-0.2, -0.15) is 0 Å². The number of hydrogen-bond acceptors (Lipinski definition) is 7. The van der Waals surface area contributed by atoms with Crippen LogP contribution in [-0.4, -0.2) is 82.0 Å². The van der Waals surface area contributed by atoms with Crippen molar-refractivity contribution in [1.29, 1.82) is 0 Å².